The van der Waals surface area contributed by atoms with Gasteiger partial charge in [-0.15, -0.1) is 25.3 Å². The van der Waals surface area contributed by atoms with Crippen LogP contribution in [0, 0.1) is 0 Å². The number of benzene rings is 3. The molecule has 0 atom stereocenters. The van der Waals surface area contributed by atoms with Crippen LogP contribution in [0.3, 0.4) is 0 Å². The number of amides is 1. The zero-order valence-corrected chi connectivity index (χ0v) is 22.7. The van der Waals surface area contributed by atoms with Gasteiger partial charge in [0, 0.05) is 76.2 Å². The Hall–Kier alpha value is -2.94. The van der Waals surface area contributed by atoms with Crippen molar-refractivity contribution in [3.63, 3.8) is 0 Å². The van der Waals surface area contributed by atoms with Gasteiger partial charge in [0.15, 0.2) is 0 Å². The fourth-order valence-corrected chi connectivity index (χ4v) is 4.57. The maximum absolute atomic E-state index is 13.1. The molecular formula is C28H33N5OS2. The zero-order valence-electron chi connectivity index (χ0n) is 21.0. The first-order valence-electron chi connectivity index (χ1n) is 12.0. The van der Waals surface area contributed by atoms with Crippen molar-refractivity contribution in [3.05, 3.63) is 83.9 Å². The number of hydrogen-bond acceptors (Lipinski definition) is 7. The summed E-state index contributed by atoms with van der Waals surface area (Å²) in [4.78, 5) is 25.9. The molecule has 1 aliphatic rings. The van der Waals surface area contributed by atoms with Crippen molar-refractivity contribution in [3.8, 4) is 0 Å². The van der Waals surface area contributed by atoms with E-state index in [9.17, 15) is 4.79 Å². The first kappa shape index (κ1) is 26.1. The van der Waals surface area contributed by atoms with Crippen molar-refractivity contribution in [1.82, 2.24) is 4.90 Å². The Bertz CT molecular complexity index is 1170. The number of carbonyl (C=O) groups excluding carboxylic acids is 1. The average Bonchev–Trinajstić information content (AvgIpc) is 2.91. The fourth-order valence-electron chi connectivity index (χ4n) is 4.11. The Morgan fingerprint density at radius 1 is 0.833 bits per heavy atom. The van der Waals surface area contributed by atoms with Crippen LogP contribution in [0.4, 0.5) is 22.7 Å². The quantitative estimate of drug-likeness (QED) is 0.261. The lowest BCUT2D eigenvalue weighted by Gasteiger charge is -2.37. The topological polar surface area (TPSA) is 42.4 Å². The molecule has 0 radical (unpaired) electrons. The number of nitrogens with zero attached hydrogens (tertiary/aromatic N) is 5. The molecule has 0 aliphatic carbocycles. The lowest BCUT2D eigenvalue weighted by molar-refractivity contribution is 0.0993. The highest BCUT2D eigenvalue weighted by Gasteiger charge is 2.20. The number of anilines is 3. The third-order valence-electron chi connectivity index (χ3n) is 6.43. The Kier molecular flexibility index (Phi) is 8.61. The van der Waals surface area contributed by atoms with Gasteiger partial charge in [0.05, 0.1) is 10.4 Å². The Morgan fingerprint density at radius 2 is 1.42 bits per heavy atom. The zero-order chi connectivity index (χ0) is 25.7. The summed E-state index contributed by atoms with van der Waals surface area (Å²) < 4.78 is -0.0176. The summed E-state index contributed by atoms with van der Waals surface area (Å²) in [5, 5.41) is 0. The molecule has 188 valence electrons. The number of hydrogen-bond donors (Lipinski definition) is 2. The molecule has 0 N–H and O–H groups in total. The van der Waals surface area contributed by atoms with Crippen LogP contribution in [-0.2, 0) is 0 Å². The monoisotopic (exact) mass is 519 g/mol. The molecule has 1 saturated heterocycles. The minimum atomic E-state index is -0.0484. The lowest BCUT2D eigenvalue weighted by Crippen LogP contribution is -2.47. The number of piperazine rings is 1. The minimum Gasteiger partial charge on any atom is -0.378 e. The summed E-state index contributed by atoms with van der Waals surface area (Å²) in [6.07, 6.45) is 1.81. The summed E-state index contributed by atoms with van der Waals surface area (Å²) in [5.41, 5.74) is 5.62. The second-order valence-corrected chi connectivity index (χ2v) is 10.4. The fraction of sp³-hybridized carbons (Fsp3) is 0.286. The average molecular weight is 520 g/mol. The van der Waals surface area contributed by atoms with Gasteiger partial charge in [0.25, 0.3) is 5.91 Å². The van der Waals surface area contributed by atoms with Crippen molar-refractivity contribution in [1.29, 1.82) is 0 Å². The molecule has 1 fully saturated rings. The van der Waals surface area contributed by atoms with E-state index >= 15 is 0 Å². The van der Waals surface area contributed by atoms with Gasteiger partial charge in [-0.1, -0.05) is 12.1 Å². The van der Waals surface area contributed by atoms with Crippen molar-refractivity contribution >= 4 is 60.1 Å². The van der Waals surface area contributed by atoms with E-state index in [4.69, 9.17) is 0 Å². The van der Waals surface area contributed by atoms with E-state index in [2.05, 4.69) is 57.1 Å². The number of thiol groups is 2. The molecular weight excluding hydrogens is 486 g/mol. The number of carbonyl (C=O) groups is 1. The number of rotatable bonds is 7. The molecule has 0 bridgehead atoms. The van der Waals surface area contributed by atoms with Crippen LogP contribution in [0.5, 0.6) is 0 Å². The normalized spacial score (nSPS) is 14.4. The molecule has 1 heterocycles. The summed E-state index contributed by atoms with van der Waals surface area (Å²) in [6, 6.07) is 23.8. The van der Waals surface area contributed by atoms with Crippen LogP contribution >= 0.6 is 25.3 Å². The van der Waals surface area contributed by atoms with E-state index in [1.807, 2.05) is 88.0 Å². The van der Waals surface area contributed by atoms with Crippen molar-refractivity contribution in [2.45, 2.75) is 4.71 Å². The largest absolute Gasteiger partial charge is 0.378 e. The molecule has 3 aromatic rings. The highest BCUT2D eigenvalue weighted by molar-refractivity contribution is 7.99. The maximum Gasteiger partial charge on any atom is 0.258 e. The van der Waals surface area contributed by atoms with E-state index in [1.165, 1.54) is 0 Å². The molecule has 0 aromatic heterocycles. The summed E-state index contributed by atoms with van der Waals surface area (Å²) in [6.45, 7) is 3.73. The standard InChI is InChI=1S/C28H33N5OS2/c1-30(2)24-10-8-23(9-11-24)29-20-21-4-6-22(7-5-21)27(34)31(3)25-12-14-26(15-13-25)32-16-18-33(19-17-32)28(35)36/h4-15,20,28,35-36H,16-19H2,1-3H3. The van der Waals surface area contributed by atoms with Crippen molar-refractivity contribution in [2.24, 2.45) is 4.99 Å². The maximum atomic E-state index is 13.1. The van der Waals surface area contributed by atoms with Gasteiger partial charge in [0.2, 0.25) is 0 Å². The predicted octanol–water partition coefficient (Wildman–Crippen LogP) is 5.05. The van der Waals surface area contributed by atoms with E-state index < -0.39 is 0 Å². The lowest BCUT2D eigenvalue weighted by atomic mass is 10.1. The van der Waals surface area contributed by atoms with E-state index in [1.54, 1.807) is 4.90 Å². The van der Waals surface area contributed by atoms with Crippen molar-refractivity contribution in [2.75, 3.05) is 62.0 Å². The molecule has 36 heavy (non-hydrogen) atoms. The first-order valence-corrected chi connectivity index (χ1v) is 13.0. The van der Waals surface area contributed by atoms with Gasteiger partial charge in [-0.05, 0) is 66.2 Å². The third kappa shape index (κ3) is 6.43. The molecule has 0 spiro atoms. The summed E-state index contributed by atoms with van der Waals surface area (Å²) in [5.74, 6) is -0.0484. The van der Waals surface area contributed by atoms with Gasteiger partial charge in [-0.25, -0.2) is 0 Å². The summed E-state index contributed by atoms with van der Waals surface area (Å²) in [7, 11) is 5.83. The van der Waals surface area contributed by atoms with Crippen LogP contribution < -0.4 is 14.7 Å². The molecule has 4 rings (SSSR count). The van der Waals surface area contributed by atoms with Crippen LogP contribution in [0.15, 0.2) is 77.8 Å². The van der Waals surface area contributed by atoms with Gasteiger partial charge >= 0.3 is 0 Å². The van der Waals surface area contributed by atoms with Crippen LogP contribution in [-0.4, -0.2) is 69.0 Å². The molecule has 0 unspecified atom stereocenters. The molecule has 8 heteroatoms. The first-order chi connectivity index (χ1) is 17.3. The Labute approximate surface area is 225 Å². The second kappa shape index (κ2) is 11.9. The van der Waals surface area contributed by atoms with E-state index in [-0.39, 0.29) is 10.6 Å². The van der Waals surface area contributed by atoms with Crippen LogP contribution in [0.1, 0.15) is 15.9 Å². The predicted molar refractivity (Wildman–Crippen MR) is 159 cm³/mol. The highest BCUT2D eigenvalue weighted by atomic mass is 32.2. The van der Waals surface area contributed by atoms with Crippen LogP contribution in [0.25, 0.3) is 0 Å². The summed E-state index contributed by atoms with van der Waals surface area (Å²) >= 11 is 8.82. The van der Waals surface area contributed by atoms with Crippen LogP contribution in [0.2, 0.25) is 0 Å². The molecule has 1 amide bonds. The Balaban J connectivity index is 1.35. The molecule has 1 aliphatic heterocycles. The van der Waals surface area contributed by atoms with Gasteiger partial charge in [-0.2, -0.15) is 0 Å². The number of aliphatic imine (C=N–C) groups is 1. The van der Waals surface area contributed by atoms with Gasteiger partial charge in [-0.3, -0.25) is 14.7 Å². The van der Waals surface area contributed by atoms with Gasteiger partial charge < -0.3 is 14.7 Å². The van der Waals surface area contributed by atoms with E-state index in [0.29, 0.717) is 5.56 Å². The second-order valence-electron chi connectivity index (χ2n) is 9.04. The molecule has 3 aromatic carbocycles. The molecule has 6 nitrogen and oxygen atoms in total. The minimum absolute atomic E-state index is 0.0176. The van der Waals surface area contributed by atoms with E-state index in [0.717, 1.165) is 54.5 Å². The van der Waals surface area contributed by atoms with Crippen molar-refractivity contribution < 1.29 is 4.79 Å². The SMILES string of the molecule is CN(C)c1ccc(N=Cc2ccc(C(=O)N(C)c3ccc(N4CCN(C(S)S)CC4)cc3)cc2)cc1. The third-order valence-corrected chi connectivity index (χ3v) is 7.09. The highest BCUT2D eigenvalue weighted by Crippen LogP contribution is 2.24. The smallest absolute Gasteiger partial charge is 0.258 e. The Morgan fingerprint density at radius 3 is 1.97 bits per heavy atom. The van der Waals surface area contributed by atoms with Gasteiger partial charge in [0.1, 0.15) is 0 Å². The molecule has 0 saturated carbocycles.